The van der Waals surface area contributed by atoms with E-state index in [9.17, 15) is 14.4 Å². The minimum Gasteiger partial charge on any atom is -0.462 e. The van der Waals surface area contributed by atoms with Crippen LogP contribution in [0.2, 0.25) is 0 Å². The van der Waals surface area contributed by atoms with Crippen LogP contribution in [0, 0.1) is 0 Å². The SMILES string of the molecule is CC/C=C\C/C=C\C/C=C\C/C=C\C/C=C\C/C=C\C/C=C\C/C=C\C/C=C\CCCCCC(=O)OCC(COC(=O)CCCCCCCCCCCCCCCC)OC(=O)CC/C=C\C/C=C\C/C=C\C/C=C\C/C=C\C/C=C\CC. The van der Waals surface area contributed by atoms with Gasteiger partial charge in [0.1, 0.15) is 13.2 Å². The third kappa shape index (κ3) is 65.3. The van der Waals surface area contributed by atoms with Crippen molar-refractivity contribution in [2.75, 3.05) is 13.2 Å². The van der Waals surface area contributed by atoms with Gasteiger partial charge in [-0.25, -0.2) is 0 Å². The van der Waals surface area contributed by atoms with Gasteiger partial charge >= 0.3 is 17.9 Å². The minimum atomic E-state index is -0.842. The number of allylic oxidation sites excluding steroid dienone is 30. The number of carbonyl (C=O) groups excluding carboxylic acids is 3. The van der Waals surface area contributed by atoms with Crippen molar-refractivity contribution < 1.29 is 28.6 Å². The van der Waals surface area contributed by atoms with E-state index < -0.39 is 12.1 Å². The smallest absolute Gasteiger partial charge is 0.306 e. The highest BCUT2D eigenvalue weighted by Crippen LogP contribution is 2.15. The van der Waals surface area contributed by atoms with Gasteiger partial charge in [0.05, 0.1) is 0 Å². The Bertz CT molecular complexity index is 1920. The van der Waals surface area contributed by atoms with Crippen LogP contribution in [0.5, 0.6) is 0 Å². The second-order valence-corrected chi connectivity index (χ2v) is 20.9. The van der Waals surface area contributed by atoms with E-state index in [0.717, 1.165) is 141 Å². The molecule has 0 radical (unpaired) electrons. The van der Waals surface area contributed by atoms with Crippen LogP contribution in [-0.4, -0.2) is 37.2 Å². The highest BCUT2D eigenvalue weighted by atomic mass is 16.6. The zero-order valence-electron chi connectivity index (χ0n) is 52.4. The number of rotatable bonds is 57. The van der Waals surface area contributed by atoms with E-state index in [0.29, 0.717) is 19.3 Å². The van der Waals surface area contributed by atoms with Crippen LogP contribution in [0.25, 0.3) is 0 Å². The lowest BCUT2D eigenvalue weighted by atomic mass is 10.0. The average Bonchev–Trinajstić information content (AvgIpc) is 3.47. The maximum Gasteiger partial charge on any atom is 0.306 e. The summed E-state index contributed by atoms with van der Waals surface area (Å²) in [5, 5.41) is 0. The number of ether oxygens (including phenoxy) is 3. The summed E-state index contributed by atoms with van der Waals surface area (Å²) in [6.45, 7) is 6.32. The van der Waals surface area contributed by atoms with Gasteiger partial charge in [0.2, 0.25) is 0 Å². The monoisotopic (exact) mass is 1130 g/mol. The summed E-state index contributed by atoms with van der Waals surface area (Å²) in [5.74, 6) is -1.05. The lowest BCUT2D eigenvalue weighted by molar-refractivity contribution is -0.166. The zero-order valence-corrected chi connectivity index (χ0v) is 52.4. The first-order valence-electron chi connectivity index (χ1n) is 32.8. The van der Waals surface area contributed by atoms with Gasteiger partial charge in [0.25, 0.3) is 0 Å². The first-order chi connectivity index (χ1) is 40.5. The molecule has 82 heavy (non-hydrogen) atoms. The number of unbranched alkanes of at least 4 members (excludes halogenated alkanes) is 16. The molecule has 0 aliphatic rings. The van der Waals surface area contributed by atoms with E-state index in [-0.39, 0.29) is 31.6 Å². The molecule has 0 aliphatic heterocycles. The Morgan fingerprint density at radius 3 is 0.793 bits per heavy atom. The Hall–Kier alpha value is -5.49. The summed E-state index contributed by atoms with van der Waals surface area (Å²) < 4.78 is 16.8. The number of esters is 3. The maximum atomic E-state index is 12.9. The summed E-state index contributed by atoms with van der Waals surface area (Å²) in [4.78, 5) is 38.3. The zero-order chi connectivity index (χ0) is 59.2. The van der Waals surface area contributed by atoms with Gasteiger partial charge in [-0.05, 0) is 128 Å². The molecule has 0 aromatic carbocycles. The van der Waals surface area contributed by atoms with Gasteiger partial charge < -0.3 is 14.2 Å². The fourth-order valence-corrected chi connectivity index (χ4v) is 8.34. The summed E-state index contributed by atoms with van der Waals surface area (Å²) in [7, 11) is 0. The summed E-state index contributed by atoms with van der Waals surface area (Å²) in [6.07, 6.45) is 102. The first kappa shape index (κ1) is 76.5. The van der Waals surface area contributed by atoms with Gasteiger partial charge in [-0.2, -0.15) is 0 Å². The summed E-state index contributed by atoms with van der Waals surface area (Å²) >= 11 is 0. The molecule has 0 fully saturated rings. The predicted octanol–water partition coefficient (Wildman–Crippen LogP) is 22.8. The third-order valence-corrected chi connectivity index (χ3v) is 13.2. The van der Waals surface area contributed by atoms with Gasteiger partial charge in [-0.15, -0.1) is 0 Å². The van der Waals surface area contributed by atoms with Crippen LogP contribution < -0.4 is 0 Å². The Labute approximate surface area is 504 Å². The van der Waals surface area contributed by atoms with Crippen LogP contribution in [0.4, 0.5) is 0 Å². The molecule has 0 spiro atoms. The van der Waals surface area contributed by atoms with Crippen molar-refractivity contribution in [3.63, 3.8) is 0 Å². The minimum absolute atomic E-state index is 0.125. The summed E-state index contributed by atoms with van der Waals surface area (Å²) in [5.41, 5.74) is 0. The van der Waals surface area contributed by atoms with E-state index in [1.165, 1.54) is 70.6 Å². The molecule has 0 N–H and O–H groups in total. The lowest BCUT2D eigenvalue weighted by Crippen LogP contribution is -2.30. The van der Waals surface area contributed by atoms with E-state index in [2.05, 4.69) is 191 Å². The number of hydrogen-bond acceptors (Lipinski definition) is 6. The molecule has 0 aromatic rings. The predicted molar refractivity (Wildman–Crippen MR) is 357 cm³/mol. The largest absolute Gasteiger partial charge is 0.462 e. The van der Waals surface area contributed by atoms with E-state index in [1.807, 2.05) is 12.2 Å². The van der Waals surface area contributed by atoms with Crippen molar-refractivity contribution in [1.29, 1.82) is 0 Å². The molecule has 0 bridgehead atoms. The molecule has 0 rings (SSSR count). The van der Waals surface area contributed by atoms with Crippen LogP contribution in [-0.2, 0) is 28.6 Å². The Morgan fingerprint density at radius 1 is 0.256 bits per heavy atom. The fourth-order valence-electron chi connectivity index (χ4n) is 8.34. The number of hydrogen-bond donors (Lipinski definition) is 0. The Kier molecular flexibility index (Phi) is 63.5. The van der Waals surface area contributed by atoms with Crippen LogP contribution in [0.3, 0.4) is 0 Å². The Balaban J connectivity index is 4.51. The fraction of sp³-hybridized carbons (Fsp3) is 0.566. The normalized spacial score (nSPS) is 13.4. The molecular weight excluding hydrogens is 1010 g/mol. The van der Waals surface area contributed by atoms with Crippen molar-refractivity contribution >= 4 is 17.9 Å². The van der Waals surface area contributed by atoms with Crippen LogP contribution >= 0.6 is 0 Å². The average molecular weight is 1130 g/mol. The first-order valence-corrected chi connectivity index (χ1v) is 32.8. The second-order valence-electron chi connectivity index (χ2n) is 20.9. The molecule has 6 nitrogen and oxygen atoms in total. The molecule has 0 heterocycles. The van der Waals surface area contributed by atoms with Crippen molar-refractivity contribution in [2.24, 2.45) is 0 Å². The van der Waals surface area contributed by atoms with E-state index in [1.54, 1.807) is 0 Å². The topological polar surface area (TPSA) is 78.9 Å². The maximum absolute atomic E-state index is 12.9. The second kappa shape index (κ2) is 68.0. The van der Waals surface area contributed by atoms with Gasteiger partial charge in [0.15, 0.2) is 6.10 Å². The molecule has 0 saturated carbocycles. The Morgan fingerprint density at radius 2 is 0.500 bits per heavy atom. The van der Waals surface area contributed by atoms with Gasteiger partial charge in [-0.3, -0.25) is 14.4 Å². The lowest BCUT2D eigenvalue weighted by Gasteiger charge is -2.18. The molecule has 0 amide bonds. The third-order valence-electron chi connectivity index (χ3n) is 13.2. The standard InChI is InChI=1S/C76H118O6/c1-4-7-10-13-16-19-22-25-28-30-32-33-34-35-36-37-38-39-40-41-42-43-45-46-48-51-54-57-60-63-66-69-75(78)81-72-73(71-80-74(77)68-65-62-59-56-53-50-27-24-21-18-15-12-9-6-3)82-76(79)70-67-64-61-58-55-52-49-47-44-31-29-26-23-20-17-14-11-8-5-2/h7-8,10-11,16-17,19-20,25-26,28-29,32-33,35-36,38-39,41-42,44-47,51-52,54-55,61,64,73H,4-6,9,12-15,18,21-24,27,30-31,34,37,40,43,48-50,53,56-60,62-63,65-72H2,1-3H3/b10-7-,11-8-,19-16-,20-17-,28-25-,29-26-,33-32-,36-35-,39-38-,42-41-,46-45-,47-44-,54-51-,55-52-,64-61-. The molecule has 0 aromatic heterocycles. The molecule has 1 atom stereocenters. The van der Waals surface area contributed by atoms with Crippen molar-refractivity contribution in [3.05, 3.63) is 182 Å². The highest BCUT2D eigenvalue weighted by Gasteiger charge is 2.19. The van der Waals surface area contributed by atoms with Crippen LogP contribution in [0.1, 0.15) is 258 Å². The molecule has 0 aliphatic carbocycles. The summed E-state index contributed by atoms with van der Waals surface area (Å²) in [6, 6.07) is 0. The van der Waals surface area contributed by atoms with Crippen LogP contribution in [0.15, 0.2) is 182 Å². The van der Waals surface area contributed by atoms with Crippen molar-refractivity contribution in [2.45, 2.75) is 264 Å². The van der Waals surface area contributed by atoms with Crippen molar-refractivity contribution in [1.82, 2.24) is 0 Å². The van der Waals surface area contributed by atoms with Gasteiger partial charge in [0, 0.05) is 19.3 Å². The van der Waals surface area contributed by atoms with Gasteiger partial charge in [-0.1, -0.05) is 293 Å². The molecule has 458 valence electrons. The van der Waals surface area contributed by atoms with E-state index >= 15 is 0 Å². The van der Waals surface area contributed by atoms with Crippen molar-refractivity contribution in [3.8, 4) is 0 Å². The molecule has 0 saturated heterocycles. The van der Waals surface area contributed by atoms with E-state index in [4.69, 9.17) is 14.2 Å². The molecular formula is C76H118O6. The quantitative estimate of drug-likeness (QED) is 0.0261. The number of carbonyl (C=O) groups is 3. The molecule has 1 unspecified atom stereocenters. The highest BCUT2D eigenvalue weighted by molar-refractivity contribution is 5.71. The molecule has 6 heteroatoms.